The molecule has 1 unspecified atom stereocenters. The Morgan fingerprint density at radius 1 is 1.18 bits per heavy atom. The first kappa shape index (κ1) is 18.2. The maximum absolute atomic E-state index is 13.2. The van der Waals surface area contributed by atoms with E-state index in [4.69, 9.17) is 5.73 Å². The van der Waals surface area contributed by atoms with Crippen molar-refractivity contribution in [2.75, 3.05) is 0 Å². The van der Waals surface area contributed by atoms with Crippen LogP contribution >= 0.6 is 0 Å². The summed E-state index contributed by atoms with van der Waals surface area (Å²) >= 11 is 0. The molecule has 146 valence electrons. The minimum atomic E-state index is -2.64. The van der Waals surface area contributed by atoms with Gasteiger partial charge < -0.3 is 31.3 Å². The van der Waals surface area contributed by atoms with E-state index in [9.17, 15) is 39.9 Å². The number of primary amides is 1. The van der Waals surface area contributed by atoms with Gasteiger partial charge in [0.15, 0.2) is 11.4 Å². The van der Waals surface area contributed by atoms with E-state index in [0.29, 0.717) is 0 Å². The molecule has 0 spiro atoms. The van der Waals surface area contributed by atoms with Gasteiger partial charge in [-0.25, -0.2) is 0 Å². The maximum atomic E-state index is 13.2. The van der Waals surface area contributed by atoms with Gasteiger partial charge in [0.2, 0.25) is 5.78 Å². The van der Waals surface area contributed by atoms with Crippen molar-refractivity contribution < 1.29 is 39.9 Å². The molecule has 28 heavy (non-hydrogen) atoms. The molecule has 1 aromatic rings. The second kappa shape index (κ2) is 5.66. The fourth-order valence-corrected chi connectivity index (χ4v) is 4.57. The fraction of sp³-hybridized carbons (Fsp3) is 0.316. The molecule has 0 bridgehead atoms. The number of aliphatic hydroxyl groups excluding tert-OH is 3. The molecule has 1 amide bonds. The molecule has 0 saturated heterocycles. The molecule has 3 aliphatic carbocycles. The Morgan fingerprint density at radius 2 is 1.86 bits per heavy atom. The first-order valence-corrected chi connectivity index (χ1v) is 8.58. The van der Waals surface area contributed by atoms with Crippen molar-refractivity contribution in [3.8, 4) is 5.75 Å². The molecule has 4 atom stereocenters. The average molecular weight is 387 g/mol. The average Bonchev–Trinajstić information content (AvgIpc) is 2.62. The van der Waals surface area contributed by atoms with Crippen molar-refractivity contribution in [2.45, 2.75) is 24.5 Å². The summed E-state index contributed by atoms with van der Waals surface area (Å²) in [6, 6.07) is 4.20. The smallest absolute Gasteiger partial charge is 0.255 e. The van der Waals surface area contributed by atoms with Crippen molar-refractivity contribution in [2.24, 2.45) is 17.6 Å². The maximum Gasteiger partial charge on any atom is 0.255 e. The van der Waals surface area contributed by atoms with Crippen LogP contribution in [0.25, 0.3) is 5.76 Å². The van der Waals surface area contributed by atoms with Crippen LogP contribution < -0.4 is 5.73 Å². The molecule has 9 nitrogen and oxygen atoms in total. The zero-order chi connectivity index (χ0) is 20.5. The number of fused-ring (bicyclic) bond motifs is 3. The Labute approximate surface area is 158 Å². The predicted molar refractivity (Wildman–Crippen MR) is 92.6 cm³/mol. The standard InChI is InChI=1S/C19H17NO8/c20-18(27)13-10(22)5-6-4-8-12(16(25)19(6,28)17(13)26)15(24)11-7(14(8)23)2-1-3-9(11)21/h1-3,6,8,14,21,23-24,26,28H,4-5H2,(H2,20,27)/t6-,8-,14?,19-/m0/s1. The minimum Gasteiger partial charge on any atom is -0.508 e. The fourth-order valence-electron chi connectivity index (χ4n) is 4.57. The number of phenolic OH excluding ortho intramolecular Hbond substituents is 1. The van der Waals surface area contributed by atoms with Crippen molar-refractivity contribution >= 4 is 23.2 Å². The monoisotopic (exact) mass is 387 g/mol. The SMILES string of the molecule is NC(=O)C1=C(O)[C@@]2(O)C(=O)C3=C(O)c4c(O)cccc4C(O)[C@H]3C[C@H]2CC1=O. The van der Waals surface area contributed by atoms with Gasteiger partial charge in [-0.15, -0.1) is 0 Å². The third-order valence-corrected chi connectivity index (χ3v) is 5.91. The van der Waals surface area contributed by atoms with E-state index in [-0.39, 0.29) is 28.9 Å². The topological polar surface area (TPSA) is 178 Å². The van der Waals surface area contributed by atoms with Crippen LogP contribution in [0.2, 0.25) is 0 Å². The molecule has 7 N–H and O–H groups in total. The highest BCUT2D eigenvalue weighted by Gasteiger charge is 2.61. The summed E-state index contributed by atoms with van der Waals surface area (Å²) in [5.41, 5.74) is 1.27. The Hall–Kier alpha value is -3.17. The summed E-state index contributed by atoms with van der Waals surface area (Å²) < 4.78 is 0. The van der Waals surface area contributed by atoms with Crippen LogP contribution in [-0.4, -0.2) is 48.6 Å². The number of amides is 1. The molecule has 9 heteroatoms. The highest BCUT2D eigenvalue weighted by Crippen LogP contribution is 2.54. The molecular weight excluding hydrogens is 370 g/mol. The van der Waals surface area contributed by atoms with Gasteiger partial charge >= 0.3 is 0 Å². The summed E-state index contributed by atoms with van der Waals surface area (Å²) in [5, 5.41) is 52.9. The lowest BCUT2D eigenvalue weighted by atomic mass is 9.58. The molecular formula is C19H17NO8. The van der Waals surface area contributed by atoms with E-state index in [1.807, 2.05) is 0 Å². The van der Waals surface area contributed by atoms with Gasteiger partial charge in [0.1, 0.15) is 22.8 Å². The lowest BCUT2D eigenvalue weighted by molar-refractivity contribution is -0.149. The highest BCUT2D eigenvalue weighted by molar-refractivity contribution is 6.22. The van der Waals surface area contributed by atoms with Gasteiger partial charge in [0.25, 0.3) is 5.91 Å². The van der Waals surface area contributed by atoms with E-state index in [0.717, 1.165) is 0 Å². The van der Waals surface area contributed by atoms with Crippen LogP contribution in [0.5, 0.6) is 5.75 Å². The number of ketones is 2. The molecule has 1 aromatic carbocycles. The number of nitrogens with two attached hydrogens (primary N) is 1. The Morgan fingerprint density at radius 3 is 2.50 bits per heavy atom. The van der Waals surface area contributed by atoms with Gasteiger partial charge in [0.05, 0.1) is 11.7 Å². The summed E-state index contributed by atoms with van der Waals surface area (Å²) in [7, 11) is 0. The van der Waals surface area contributed by atoms with Crippen LogP contribution in [0.3, 0.4) is 0 Å². The van der Waals surface area contributed by atoms with E-state index < -0.39 is 64.5 Å². The second-order valence-electron chi connectivity index (χ2n) is 7.30. The number of aliphatic hydroxyl groups is 4. The quantitative estimate of drug-likeness (QED) is 0.362. The van der Waals surface area contributed by atoms with Crippen LogP contribution in [0.1, 0.15) is 30.1 Å². The third-order valence-electron chi connectivity index (χ3n) is 5.91. The van der Waals surface area contributed by atoms with Crippen LogP contribution in [0.15, 0.2) is 35.1 Å². The Kier molecular flexibility index (Phi) is 3.68. The Balaban J connectivity index is 1.97. The van der Waals surface area contributed by atoms with Crippen molar-refractivity contribution in [1.29, 1.82) is 0 Å². The Bertz CT molecular complexity index is 1020. The summed E-state index contributed by atoms with van der Waals surface area (Å²) in [6.45, 7) is 0. The summed E-state index contributed by atoms with van der Waals surface area (Å²) in [5.74, 6) is -7.50. The molecule has 3 aliphatic rings. The van der Waals surface area contributed by atoms with Crippen molar-refractivity contribution in [3.05, 3.63) is 46.2 Å². The van der Waals surface area contributed by atoms with E-state index in [1.165, 1.54) is 18.2 Å². The number of carbonyl (C=O) groups is 3. The summed E-state index contributed by atoms with van der Waals surface area (Å²) in [4.78, 5) is 36.9. The number of aromatic hydroxyl groups is 1. The number of benzene rings is 1. The van der Waals surface area contributed by atoms with Crippen LogP contribution in [-0.2, 0) is 14.4 Å². The van der Waals surface area contributed by atoms with Gasteiger partial charge in [-0.1, -0.05) is 12.1 Å². The van der Waals surface area contributed by atoms with Crippen molar-refractivity contribution in [1.82, 2.24) is 0 Å². The summed E-state index contributed by atoms with van der Waals surface area (Å²) in [6.07, 6.45) is -1.85. The van der Waals surface area contributed by atoms with Gasteiger partial charge in [-0.2, -0.15) is 0 Å². The normalized spacial score (nSPS) is 32.0. The largest absolute Gasteiger partial charge is 0.508 e. The minimum absolute atomic E-state index is 0.125. The zero-order valence-corrected chi connectivity index (χ0v) is 14.4. The van der Waals surface area contributed by atoms with Crippen LogP contribution in [0.4, 0.5) is 0 Å². The van der Waals surface area contributed by atoms with E-state index in [2.05, 4.69) is 0 Å². The number of rotatable bonds is 1. The first-order valence-electron chi connectivity index (χ1n) is 8.58. The van der Waals surface area contributed by atoms with Gasteiger partial charge in [-0.05, 0) is 18.1 Å². The number of hydrogen-bond donors (Lipinski definition) is 6. The number of hydrogen-bond acceptors (Lipinski definition) is 8. The second-order valence-corrected chi connectivity index (χ2v) is 7.30. The van der Waals surface area contributed by atoms with Crippen LogP contribution in [0, 0.1) is 11.8 Å². The van der Waals surface area contributed by atoms with Gasteiger partial charge in [-0.3, -0.25) is 14.4 Å². The molecule has 0 heterocycles. The number of phenols is 1. The zero-order valence-electron chi connectivity index (χ0n) is 14.4. The number of carbonyl (C=O) groups excluding carboxylic acids is 3. The lowest BCUT2D eigenvalue weighted by Crippen LogP contribution is -2.58. The van der Waals surface area contributed by atoms with Crippen molar-refractivity contribution in [3.63, 3.8) is 0 Å². The lowest BCUT2D eigenvalue weighted by Gasteiger charge is -2.47. The molecule has 4 rings (SSSR count). The molecule has 1 saturated carbocycles. The highest BCUT2D eigenvalue weighted by atomic mass is 16.3. The first-order chi connectivity index (χ1) is 13.1. The molecule has 0 aliphatic heterocycles. The predicted octanol–water partition coefficient (Wildman–Crippen LogP) is -0.0852. The molecule has 1 fully saturated rings. The third kappa shape index (κ3) is 2.05. The van der Waals surface area contributed by atoms with Gasteiger partial charge in [0, 0.05) is 23.8 Å². The molecule has 0 aromatic heterocycles. The van der Waals surface area contributed by atoms with E-state index >= 15 is 0 Å². The number of Topliss-reactive ketones (excluding diaryl/α,β-unsaturated/α-hetero) is 2. The molecule has 0 radical (unpaired) electrons. The van der Waals surface area contributed by atoms with E-state index in [1.54, 1.807) is 0 Å².